The Balaban J connectivity index is 1.47. The van der Waals surface area contributed by atoms with Crippen molar-refractivity contribution in [3.63, 3.8) is 0 Å². The molecule has 0 radical (unpaired) electrons. The molecule has 2 aromatic heterocycles. The summed E-state index contributed by atoms with van der Waals surface area (Å²) in [6.07, 6.45) is 4.33. The molecule has 1 aliphatic heterocycles. The topological polar surface area (TPSA) is 66.4 Å². The first-order valence-electron chi connectivity index (χ1n) is 8.48. The van der Waals surface area contributed by atoms with Crippen molar-refractivity contribution in [3.05, 3.63) is 54.4 Å². The van der Waals surface area contributed by atoms with E-state index in [2.05, 4.69) is 14.9 Å². The van der Waals surface area contributed by atoms with Crippen LogP contribution in [0, 0.1) is 0 Å². The van der Waals surface area contributed by atoms with Crippen molar-refractivity contribution in [1.82, 2.24) is 14.3 Å². The van der Waals surface area contributed by atoms with Gasteiger partial charge < -0.3 is 4.90 Å². The lowest BCUT2D eigenvalue weighted by atomic mass is 10.2. The summed E-state index contributed by atoms with van der Waals surface area (Å²) >= 11 is 1.63. The second kappa shape index (κ2) is 6.94. The number of pyridine rings is 1. The Morgan fingerprint density at radius 2 is 2.08 bits per heavy atom. The molecule has 0 aliphatic carbocycles. The minimum absolute atomic E-state index is 0.0335. The van der Waals surface area contributed by atoms with Gasteiger partial charge in [-0.15, -0.1) is 0 Å². The van der Waals surface area contributed by atoms with Crippen molar-refractivity contribution in [2.45, 2.75) is 18.2 Å². The molecule has 4 rings (SSSR count). The summed E-state index contributed by atoms with van der Waals surface area (Å²) in [6.45, 7) is 1.47. The molecule has 1 aliphatic rings. The van der Waals surface area contributed by atoms with E-state index in [-0.39, 0.29) is 11.8 Å². The molecule has 1 saturated heterocycles. The minimum atomic E-state index is -3.35. The van der Waals surface area contributed by atoms with Crippen LogP contribution in [0.2, 0.25) is 0 Å². The Kier molecular flexibility index (Phi) is 4.64. The third-order valence-electron chi connectivity index (χ3n) is 4.76. The molecule has 0 saturated carbocycles. The molecule has 3 aromatic rings. The molecule has 26 heavy (non-hydrogen) atoms. The van der Waals surface area contributed by atoms with E-state index >= 15 is 0 Å². The third-order valence-corrected chi connectivity index (χ3v) is 7.73. The van der Waals surface area contributed by atoms with Crippen molar-refractivity contribution in [1.29, 1.82) is 0 Å². The molecule has 1 fully saturated rings. The van der Waals surface area contributed by atoms with Crippen LogP contribution < -0.4 is 4.90 Å². The normalized spacial score (nSPS) is 18.1. The fourth-order valence-corrected chi connectivity index (χ4v) is 5.64. The molecule has 0 amide bonds. The van der Waals surface area contributed by atoms with Gasteiger partial charge >= 0.3 is 0 Å². The number of hydrogen-bond donors (Lipinski definition) is 0. The fourth-order valence-electron chi connectivity index (χ4n) is 3.23. The molecule has 1 atom stereocenters. The zero-order chi connectivity index (χ0) is 18.1. The SMILES string of the molecule is CN(C1CCN(c2nc3cnccc3s2)C1)S(=O)(=O)Cc1ccccc1. The highest BCUT2D eigenvalue weighted by Gasteiger charge is 2.33. The Bertz CT molecular complexity index is 971. The van der Waals surface area contributed by atoms with Crippen molar-refractivity contribution in [2.75, 3.05) is 25.0 Å². The highest BCUT2D eigenvalue weighted by atomic mass is 32.2. The van der Waals surface area contributed by atoms with Crippen LogP contribution in [0.25, 0.3) is 10.2 Å². The first-order valence-corrected chi connectivity index (χ1v) is 10.9. The smallest absolute Gasteiger partial charge is 0.218 e. The lowest BCUT2D eigenvalue weighted by Crippen LogP contribution is -2.39. The summed E-state index contributed by atoms with van der Waals surface area (Å²) < 4.78 is 28.2. The number of rotatable bonds is 5. The second-order valence-corrected chi connectivity index (χ2v) is 9.52. The number of aromatic nitrogens is 2. The summed E-state index contributed by atoms with van der Waals surface area (Å²) in [7, 11) is -1.66. The standard InChI is InChI=1S/C18H20N4O2S2/c1-21(26(23,24)13-14-5-3-2-4-6-14)15-8-10-22(12-15)18-20-16-11-19-9-7-17(16)25-18/h2-7,9,11,15H,8,10,12-13H2,1H3. The second-order valence-electron chi connectivity index (χ2n) is 6.49. The predicted octanol–water partition coefficient (Wildman–Crippen LogP) is 2.73. The van der Waals surface area contributed by atoms with E-state index in [1.165, 1.54) is 4.31 Å². The highest BCUT2D eigenvalue weighted by molar-refractivity contribution is 7.88. The molecule has 0 spiro atoms. The van der Waals surface area contributed by atoms with Gasteiger partial charge in [-0.3, -0.25) is 4.98 Å². The Morgan fingerprint density at radius 1 is 1.27 bits per heavy atom. The number of likely N-dealkylation sites (N-methyl/N-ethyl adjacent to an activating group) is 1. The van der Waals surface area contributed by atoms with E-state index in [1.54, 1.807) is 30.8 Å². The van der Waals surface area contributed by atoms with Gasteiger partial charge in [-0.25, -0.2) is 13.4 Å². The number of benzene rings is 1. The first-order chi connectivity index (χ1) is 12.5. The lowest BCUT2D eigenvalue weighted by molar-refractivity contribution is 0.389. The summed E-state index contributed by atoms with van der Waals surface area (Å²) in [5.74, 6) is 0.0354. The average molecular weight is 389 g/mol. The van der Waals surface area contributed by atoms with Crippen molar-refractivity contribution in [2.24, 2.45) is 0 Å². The highest BCUT2D eigenvalue weighted by Crippen LogP contribution is 2.31. The van der Waals surface area contributed by atoms with Crippen molar-refractivity contribution < 1.29 is 8.42 Å². The van der Waals surface area contributed by atoms with Gasteiger partial charge in [0.1, 0.15) is 5.52 Å². The number of nitrogens with zero attached hydrogens (tertiary/aromatic N) is 4. The zero-order valence-electron chi connectivity index (χ0n) is 14.4. The van der Waals surface area contributed by atoms with Crippen LogP contribution in [-0.4, -0.2) is 48.9 Å². The minimum Gasteiger partial charge on any atom is -0.346 e. The zero-order valence-corrected chi connectivity index (χ0v) is 16.1. The van der Waals surface area contributed by atoms with Crippen LogP contribution in [0.15, 0.2) is 48.8 Å². The number of fused-ring (bicyclic) bond motifs is 1. The Morgan fingerprint density at radius 3 is 2.85 bits per heavy atom. The van der Waals surface area contributed by atoms with Gasteiger partial charge in [0, 0.05) is 32.4 Å². The van der Waals surface area contributed by atoms with Gasteiger partial charge in [-0.2, -0.15) is 4.31 Å². The molecule has 6 nitrogen and oxygen atoms in total. The molecule has 1 aromatic carbocycles. The van der Waals surface area contributed by atoms with Gasteiger partial charge in [-0.1, -0.05) is 41.7 Å². The quantitative estimate of drug-likeness (QED) is 0.672. The van der Waals surface area contributed by atoms with Gasteiger partial charge in [0.2, 0.25) is 10.0 Å². The summed E-state index contributed by atoms with van der Waals surface area (Å²) in [5.41, 5.74) is 1.70. The molecule has 3 heterocycles. The van der Waals surface area contributed by atoms with Gasteiger partial charge in [0.15, 0.2) is 5.13 Å². The maximum Gasteiger partial charge on any atom is 0.218 e. The molecule has 1 unspecified atom stereocenters. The fraction of sp³-hybridized carbons (Fsp3) is 0.333. The van der Waals surface area contributed by atoms with Crippen LogP contribution in [-0.2, 0) is 15.8 Å². The first kappa shape index (κ1) is 17.4. The predicted molar refractivity (Wildman–Crippen MR) is 105 cm³/mol. The number of anilines is 1. The lowest BCUT2D eigenvalue weighted by Gasteiger charge is -2.24. The van der Waals surface area contributed by atoms with Gasteiger partial charge in [0.25, 0.3) is 0 Å². The molecule has 0 N–H and O–H groups in total. The maximum atomic E-state index is 12.8. The van der Waals surface area contributed by atoms with Crippen molar-refractivity contribution >= 4 is 36.7 Å². The van der Waals surface area contributed by atoms with E-state index in [9.17, 15) is 8.42 Å². The van der Waals surface area contributed by atoms with E-state index in [1.807, 2.05) is 36.4 Å². The van der Waals surface area contributed by atoms with E-state index in [4.69, 9.17) is 0 Å². The van der Waals surface area contributed by atoms with Crippen molar-refractivity contribution in [3.8, 4) is 0 Å². The maximum absolute atomic E-state index is 12.8. The third kappa shape index (κ3) is 3.44. The average Bonchev–Trinajstić information content (AvgIpc) is 3.28. The van der Waals surface area contributed by atoms with Crippen LogP contribution in [0.4, 0.5) is 5.13 Å². The molecular formula is C18H20N4O2S2. The number of hydrogen-bond acceptors (Lipinski definition) is 6. The van der Waals surface area contributed by atoms with E-state index < -0.39 is 10.0 Å². The molecule has 0 bridgehead atoms. The summed E-state index contributed by atoms with van der Waals surface area (Å²) in [4.78, 5) is 10.9. The van der Waals surface area contributed by atoms with Crippen LogP contribution in [0.3, 0.4) is 0 Å². The number of sulfonamides is 1. The monoisotopic (exact) mass is 388 g/mol. The molecular weight excluding hydrogens is 368 g/mol. The number of thiazole rings is 1. The Hall–Kier alpha value is -2.03. The Labute approximate surface area is 157 Å². The van der Waals surface area contributed by atoms with E-state index in [0.717, 1.165) is 33.9 Å². The van der Waals surface area contributed by atoms with E-state index in [0.29, 0.717) is 6.54 Å². The summed E-state index contributed by atoms with van der Waals surface area (Å²) in [5, 5.41) is 0.935. The van der Waals surface area contributed by atoms with Gasteiger partial charge in [-0.05, 0) is 18.1 Å². The van der Waals surface area contributed by atoms with Crippen LogP contribution >= 0.6 is 11.3 Å². The summed E-state index contributed by atoms with van der Waals surface area (Å²) in [6, 6.07) is 11.2. The molecule has 8 heteroatoms. The van der Waals surface area contributed by atoms with Crippen LogP contribution in [0.5, 0.6) is 0 Å². The largest absolute Gasteiger partial charge is 0.346 e. The van der Waals surface area contributed by atoms with Crippen LogP contribution in [0.1, 0.15) is 12.0 Å². The van der Waals surface area contributed by atoms with Gasteiger partial charge in [0.05, 0.1) is 16.6 Å². The molecule has 136 valence electrons.